The fraction of sp³-hybridized carbons (Fsp3) is 0.632. The van der Waals surface area contributed by atoms with E-state index < -0.39 is 10.0 Å². The summed E-state index contributed by atoms with van der Waals surface area (Å²) in [6.07, 6.45) is 5.68. The predicted octanol–water partition coefficient (Wildman–Crippen LogP) is 0.644. The number of amides is 1. The number of carbonyl (C=O) groups excluding carboxylic acids is 1. The highest BCUT2D eigenvalue weighted by Crippen LogP contribution is 2.28. The lowest BCUT2D eigenvalue weighted by atomic mass is 10.0. The third-order valence-electron chi connectivity index (χ3n) is 6.14. The average molecular weight is 421 g/mol. The first-order valence-electron chi connectivity index (χ1n) is 9.99. The molecule has 158 valence electrons. The van der Waals surface area contributed by atoms with Gasteiger partial charge >= 0.3 is 0 Å². The summed E-state index contributed by atoms with van der Waals surface area (Å²) >= 11 is 0. The van der Waals surface area contributed by atoms with Gasteiger partial charge in [-0.15, -0.1) is 10.2 Å². The summed E-state index contributed by atoms with van der Waals surface area (Å²) in [5.41, 5.74) is 1.28. The topological polar surface area (TPSA) is 91.1 Å². The van der Waals surface area contributed by atoms with E-state index >= 15 is 0 Å². The Morgan fingerprint density at radius 1 is 1.10 bits per heavy atom. The van der Waals surface area contributed by atoms with E-state index in [0.717, 1.165) is 25.9 Å². The van der Waals surface area contributed by atoms with Crippen LogP contribution in [0, 0.1) is 0 Å². The van der Waals surface area contributed by atoms with Crippen molar-refractivity contribution in [1.82, 2.24) is 28.7 Å². The Morgan fingerprint density at radius 2 is 1.83 bits per heavy atom. The third-order valence-corrected chi connectivity index (χ3v) is 7.41. The van der Waals surface area contributed by atoms with E-state index in [0.29, 0.717) is 42.6 Å². The van der Waals surface area contributed by atoms with Crippen LogP contribution in [0.5, 0.6) is 0 Å². The molecule has 9 nitrogen and oxygen atoms in total. The van der Waals surface area contributed by atoms with Crippen molar-refractivity contribution in [3.63, 3.8) is 0 Å². The largest absolute Gasteiger partial charge is 0.338 e. The number of likely N-dealkylation sites (tertiary alicyclic amines) is 1. The molecule has 2 aliphatic heterocycles. The van der Waals surface area contributed by atoms with E-state index in [1.165, 1.54) is 10.6 Å². The number of nitrogens with zero attached hydrogens (tertiary/aromatic N) is 6. The number of hydrogen-bond donors (Lipinski definition) is 0. The van der Waals surface area contributed by atoms with Crippen LogP contribution in [-0.4, -0.2) is 95.6 Å². The molecular formula is C19H28N6O3S. The molecule has 0 saturated carbocycles. The molecule has 0 spiro atoms. The summed E-state index contributed by atoms with van der Waals surface area (Å²) in [6.45, 7) is 2.38. The van der Waals surface area contributed by atoms with Crippen molar-refractivity contribution in [3.8, 4) is 0 Å². The standard InChI is InChI=1S/C19H28N6O3S/c1-22(2)16-7-9-23(10-8-16)19(26)15-4-5-17-20-21-18(25(17)13-15)14-6-11-24(12-14)29(3,27)28/h4-5,13-14,16H,6-12H2,1-3H3/t14-/m1/s1. The molecule has 0 N–H and O–H groups in total. The van der Waals surface area contributed by atoms with Crippen LogP contribution in [0.15, 0.2) is 18.3 Å². The molecule has 0 unspecified atom stereocenters. The van der Waals surface area contributed by atoms with Gasteiger partial charge in [-0.2, -0.15) is 0 Å². The van der Waals surface area contributed by atoms with Crippen LogP contribution in [-0.2, 0) is 10.0 Å². The van der Waals surface area contributed by atoms with Crippen LogP contribution in [0.1, 0.15) is 41.4 Å². The second-order valence-electron chi connectivity index (χ2n) is 8.30. The van der Waals surface area contributed by atoms with E-state index in [-0.39, 0.29) is 11.8 Å². The molecule has 29 heavy (non-hydrogen) atoms. The van der Waals surface area contributed by atoms with E-state index in [1.807, 2.05) is 9.30 Å². The molecule has 0 radical (unpaired) electrons. The summed E-state index contributed by atoms with van der Waals surface area (Å²) in [6, 6.07) is 4.12. The molecule has 2 aliphatic rings. The van der Waals surface area contributed by atoms with Gasteiger partial charge in [0.05, 0.1) is 11.8 Å². The zero-order valence-corrected chi connectivity index (χ0v) is 18.0. The lowest BCUT2D eigenvalue weighted by Crippen LogP contribution is -2.44. The highest BCUT2D eigenvalue weighted by molar-refractivity contribution is 7.88. The molecule has 4 rings (SSSR count). The SMILES string of the molecule is CN(C)C1CCN(C(=O)c2ccc3nnc([C@@H]4CCN(S(C)(=O)=O)C4)n3c2)CC1. The number of fused-ring (bicyclic) bond motifs is 1. The van der Waals surface area contributed by atoms with Crippen molar-refractivity contribution in [3.05, 3.63) is 29.7 Å². The van der Waals surface area contributed by atoms with E-state index in [1.54, 1.807) is 18.3 Å². The first-order valence-corrected chi connectivity index (χ1v) is 11.8. The first-order chi connectivity index (χ1) is 13.7. The minimum Gasteiger partial charge on any atom is -0.338 e. The van der Waals surface area contributed by atoms with Gasteiger partial charge in [0, 0.05) is 44.3 Å². The summed E-state index contributed by atoms with van der Waals surface area (Å²) < 4.78 is 27.0. The number of rotatable bonds is 4. The number of sulfonamides is 1. The van der Waals surface area contributed by atoms with Gasteiger partial charge in [0.2, 0.25) is 10.0 Å². The van der Waals surface area contributed by atoms with Gasteiger partial charge in [-0.05, 0) is 45.5 Å². The highest BCUT2D eigenvalue weighted by Gasteiger charge is 2.32. The maximum atomic E-state index is 13.0. The maximum absolute atomic E-state index is 13.0. The Morgan fingerprint density at radius 3 is 2.45 bits per heavy atom. The number of piperidine rings is 1. The van der Waals surface area contributed by atoms with Gasteiger partial charge in [0.25, 0.3) is 5.91 Å². The zero-order valence-electron chi connectivity index (χ0n) is 17.2. The van der Waals surface area contributed by atoms with Gasteiger partial charge < -0.3 is 9.80 Å². The minimum absolute atomic E-state index is 0.0212. The van der Waals surface area contributed by atoms with Gasteiger partial charge in [-0.1, -0.05) is 0 Å². The van der Waals surface area contributed by atoms with Gasteiger partial charge in [0.1, 0.15) is 5.82 Å². The van der Waals surface area contributed by atoms with E-state index in [9.17, 15) is 13.2 Å². The molecule has 0 bridgehead atoms. The molecule has 2 fully saturated rings. The Hall–Kier alpha value is -2.04. The molecule has 0 aliphatic carbocycles. The predicted molar refractivity (Wildman–Crippen MR) is 109 cm³/mol. The summed E-state index contributed by atoms with van der Waals surface area (Å²) in [7, 11) is 0.947. The average Bonchev–Trinajstić information content (AvgIpc) is 3.33. The smallest absolute Gasteiger partial charge is 0.255 e. The Kier molecular flexibility index (Phi) is 5.34. The fourth-order valence-electron chi connectivity index (χ4n) is 4.32. The van der Waals surface area contributed by atoms with Crippen LogP contribution in [0.4, 0.5) is 0 Å². The zero-order chi connectivity index (χ0) is 20.8. The lowest BCUT2D eigenvalue weighted by molar-refractivity contribution is 0.0663. The van der Waals surface area contributed by atoms with Crippen LogP contribution in [0.25, 0.3) is 5.65 Å². The number of hydrogen-bond acceptors (Lipinski definition) is 6. The molecule has 0 aromatic carbocycles. The van der Waals surface area contributed by atoms with Crippen molar-refractivity contribution in [1.29, 1.82) is 0 Å². The van der Waals surface area contributed by atoms with Crippen molar-refractivity contribution < 1.29 is 13.2 Å². The third kappa shape index (κ3) is 4.01. The number of carbonyl (C=O) groups is 1. The van der Waals surface area contributed by atoms with Crippen LogP contribution >= 0.6 is 0 Å². The highest BCUT2D eigenvalue weighted by atomic mass is 32.2. The second kappa shape index (κ2) is 7.66. The first kappa shape index (κ1) is 20.2. The molecular weight excluding hydrogens is 392 g/mol. The monoisotopic (exact) mass is 420 g/mol. The van der Waals surface area contributed by atoms with Gasteiger partial charge in [0.15, 0.2) is 5.65 Å². The van der Waals surface area contributed by atoms with E-state index in [2.05, 4.69) is 29.2 Å². The van der Waals surface area contributed by atoms with Crippen LogP contribution < -0.4 is 0 Å². The maximum Gasteiger partial charge on any atom is 0.255 e. The number of pyridine rings is 1. The molecule has 1 atom stereocenters. The lowest BCUT2D eigenvalue weighted by Gasteiger charge is -2.35. The summed E-state index contributed by atoms with van der Waals surface area (Å²) in [5.74, 6) is 0.709. The van der Waals surface area contributed by atoms with Crippen molar-refractivity contribution in [2.45, 2.75) is 31.2 Å². The molecule has 2 aromatic heterocycles. The van der Waals surface area contributed by atoms with Crippen LogP contribution in [0.2, 0.25) is 0 Å². The van der Waals surface area contributed by atoms with E-state index in [4.69, 9.17) is 0 Å². The Bertz CT molecular complexity index is 1010. The van der Waals surface area contributed by atoms with Crippen molar-refractivity contribution in [2.75, 3.05) is 46.5 Å². The minimum atomic E-state index is -3.22. The fourth-order valence-corrected chi connectivity index (χ4v) is 5.21. The summed E-state index contributed by atoms with van der Waals surface area (Å²) in [5, 5.41) is 8.50. The van der Waals surface area contributed by atoms with Gasteiger partial charge in [-0.3, -0.25) is 9.20 Å². The summed E-state index contributed by atoms with van der Waals surface area (Å²) in [4.78, 5) is 17.2. The second-order valence-corrected chi connectivity index (χ2v) is 10.3. The van der Waals surface area contributed by atoms with Crippen molar-refractivity contribution in [2.24, 2.45) is 0 Å². The number of aromatic nitrogens is 3. The molecule has 4 heterocycles. The normalized spacial score (nSPS) is 22.1. The van der Waals surface area contributed by atoms with Crippen molar-refractivity contribution >= 4 is 21.6 Å². The Labute approximate surface area is 171 Å². The molecule has 2 aromatic rings. The quantitative estimate of drug-likeness (QED) is 0.721. The van der Waals surface area contributed by atoms with Crippen LogP contribution in [0.3, 0.4) is 0 Å². The molecule has 10 heteroatoms. The van der Waals surface area contributed by atoms with Gasteiger partial charge in [-0.25, -0.2) is 12.7 Å². The molecule has 1 amide bonds. The molecule has 2 saturated heterocycles. The Balaban J connectivity index is 1.54.